The van der Waals surface area contributed by atoms with Crippen LogP contribution < -0.4 is 16.0 Å². The first kappa shape index (κ1) is 26.8. The summed E-state index contributed by atoms with van der Waals surface area (Å²) < 4.78 is 24.5. The smallest absolute Gasteiger partial charge is 0.228 e. The van der Waals surface area contributed by atoms with Crippen molar-refractivity contribution in [3.63, 3.8) is 0 Å². The van der Waals surface area contributed by atoms with Crippen molar-refractivity contribution in [2.45, 2.75) is 44.3 Å². The highest BCUT2D eigenvalue weighted by Crippen LogP contribution is 2.22. The first-order chi connectivity index (χ1) is 18.1. The van der Waals surface area contributed by atoms with Crippen LogP contribution in [0.2, 0.25) is 0 Å². The fourth-order valence-corrected chi connectivity index (χ4v) is 4.78. The molecule has 0 spiro atoms. The number of aromatic nitrogens is 2. The highest BCUT2D eigenvalue weighted by molar-refractivity contribution is 7.92. The summed E-state index contributed by atoms with van der Waals surface area (Å²) in [6, 6.07) is 23.7. The molecule has 0 aliphatic rings. The third kappa shape index (κ3) is 6.95. The number of carbonyl (C=O) groups excluding carboxylic acids is 1. The SMILES string of the molecule is Cc1ccc(Nc2cc(Nc3ccc(NC(=O)Cc4ccc(S(=O)(=O)C(C)C)cc4)cc3)nc(C)n2)cc1. The number of nitrogens with one attached hydrogen (secondary N) is 3. The molecule has 1 amide bonds. The van der Waals surface area contributed by atoms with Gasteiger partial charge >= 0.3 is 0 Å². The molecule has 0 radical (unpaired) electrons. The monoisotopic (exact) mass is 529 g/mol. The van der Waals surface area contributed by atoms with Gasteiger partial charge in [-0.15, -0.1) is 0 Å². The summed E-state index contributed by atoms with van der Waals surface area (Å²) in [6.07, 6.45) is 0.138. The fourth-order valence-electron chi connectivity index (χ4n) is 3.73. The van der Waals surface area contributed by atoms with Gasteiger partial charge in [-0.25, -0.2) is 18.4 Å². The van der Waals surface area contributed by atoms with Crippen LogP contribution in [0.1, 0.15) is 30.8 Å². The van der Waals surface area contributed by atoms with Crippen molar-refractivity contribution in [2.75, 3.05) is 16.0 Å². The molecule has 4 aromatic rings. The molecule has 0 aliphatic heterocycles. The van der Waals surface area contributed by atoms with Gasteiger partial charge in [0.25, 0.3) is 0 Å². The van der Waals surface area contributed by atoms with Gasteiger partial charge in [-0.1, -0.05) is 29.8 Å². The molecular formula is C29H31N5O3S. The lowest BCUT2D eigenvalue weighted by molar-refractivity contribution is -0.115. The molecule has 1 heterocycles. The number of hydrogen-bond acceptors (Lipinski definition) is 7. The second kappa shape index (κ2) is 11.4. The van der Waals surface area contributed by atoms with E-state index in [0.717, 1.165) is 16.9 Å². The molecule has 3 aromatic carbocycles. The van der Waals surface area contributed by atoms with Gasteiger partial charge in [0.15, 0.2) is 9.84 Å². The van der Waals surface area contributed by atoms with E-state index >= 15 is 0 Å². The summed E-state index contributed by atoms with van der Waals surface area (Å²) in [5, 5.41) is 8.95. The minimum Gasteiger partial charge on any atom is -0.340 e. The standard InChI is InChI=1S/C29H31N5O3S/c1-19(2)38(36,37)26-15-7-22(8-16-26)17-29(35)34-25-13-11-24(12-14-25)33-28-18-27(30-21(4)31-28)32-23-9-5-20(3)6-10-23/h5-16,18-19H,17H2,1-4H3,(H,34,35)(H2,30,31,32,33). The van der Waals surface area contributed by atoms with E-state index in [-0.39, 0.29) is 17.2 Å². The highest BCUT2D eigenvalue weighted by atomic mass is 32.2. The average Bonchev–Trinajstić information content (AvgIpc) is 2.86. The van der Waals surface area contributed by atoms with Crippen LogP contribution in [-0.4, -0.2) is 29.5 Å². The van der Waals surface area contributed by atoms with Crippen LogP contribution >= 0.6 is 0 Å². The van der Waals surface area contributed by atoms with Crippen LogP contribution in [0.3, 0.4) is 0 Å². The molecule has 0 saturated carbocycles. The normalized spacial score (nSPS) is 11.3. The molecule has 196 valence electrons. The van der Waals surface area contributed by atoms with E-state index in [1.54, 1.807) is 50.2 Å². The first-order valence-corrected chi connectivity index (χ1v) is 13.8. The summed E-state index contributed by atoms with van der Waals surface area (Å²) >= 11 is 0. The van der Waals surface area contributed by atoms with Crippen LogP contribution in [-0.2, 0) is 21.1 Å². The number of aryl methyl sites for hydroxylation is 2. The topological polar surface area (TPSA) is 113 Å². The van der Waals surface area contributed by atoms with Crippen molar-refractivity contribution in [3.8, 4) is 0 Å². The Morgan fingerprint density at radius 2 is 1.26 bits per heavy atom. The van der Waals surface area contributed by atoms with Crippen molar-refractivity contribution >= 4 is 44.4 Å². The molecule has 0 fully saturated rings. The molecule has 8 nitrogen and oxygen atoms in total. The molecule has 3 N–H and O–H groups in total. The second-order valence-electron chi connectivity index (χ2n) is 9.34. The van der Waals surface area contributed by atoms with E-state index in [9.17, 15) is 13.2 Å². The Morgan fingerprint density at radius 1 is 0.763 bits per heavy atom. The van der Waals surface area contributed by atoms with Gasteiger partial charge in [-0.3, -0.25) is 4.79 Å². The van der Waals surface area contributed by atoms with E-state index < -0.39 is 15.1 Å². The molecule has 4 rings (SSSR count). The molecule has 0 aliphatic carbocycles. The fraction of sp³-hybridized carbons (Fsp3) is 0.207. The van der Waals surface area contributed by atoms with Gasteiger partial charge in [0.2, 0.25) is 5.91 Å². The van der Waals surface area contributed by atoms with Crippen LogP contribution in [0, 0.1) is 13.8 Å². The lowest BCUT2D eigenvalue weighted by atomic mass is 10.1. The van der Waals surface area contributed by atoms with E-state index in [4.69, 9.17) is 0 Å². The van der Waals surface area contributed by atoms with Crippen molar-refractivity contribution in [3.05, 3.63) is 95.8 Å². The Balaban J connectivity index is 1.35. The van der Waals surface area contributed by atoms with E-state index in [0.29, 0.717) is 23.1 Å². The average molecular weight is 530 g/mol. The summed E-state index contributed by atoms with van der Waals surface area (Å²) in [4.78, 5) is 21.7. The Bertz CT molecular complexity index is 1520. The number of carbonyl (C=O) groups is 1. The lowest BCUT2D eigenvalue weighted by Crippen LogP contribution is -2.15. The second-order valence-corrected chi connectivity index (χ2v) is 11.8. The maximum absolute atomic E-state index is 12.5. The Morgan fingerprint density at radius 3 is 1.79 bits per heavy atom. The van der Waals surface area contributed by atoms with Crippen LogP contribution in [0.25, 0.3) is 0 Å². The zero-order chi connectivity index (χ0) is 27.3. The number of rotatable bonds is 9. The van der Waals surface area contributed by atoms with Gasteiger partial charge in [0.1, 0.15) is 17.5 Å². The molecule has 0 unspecified atom stereocenters. The molecular weight excluding hydrogens is 498 g/mol. The van der Waals surface area contributed by atoms with Gasteiger partial charge in [-0.2, -0.15) is 0 Å². The molecule has 0 bridgehead atoms. The summed E-state index contributed by atoms with van der Waals surface area (Å²) in [5.74, 6) is 1.76. The number of nitrogens with zero attached hydrogens (tertiary/aromatic N) is 2. The predicted molar refractivity (Wildman–Crippen MR) is 152 cm³/mol. The Labute approximate surface area is 223 Å². The molecule has 38 heavy (non-hydrogen) atoms. The zero-order valence-corrected chi connectivity index (χ0v) is 22.6. The summed E-state index contributed by atoms with van der Waals surface area (Å²) in [5.41, 5.74) is 4.32. The van der Waals surface area contributed by atoms with E-state index in [1.807, 2.05) is 56.3 Å². The van der Waals surface area contributed by atoms with Crippen molar-refractivity contribution in [1.29, 1.82) is 0 Å². The minimum atomic E-state index is -3.34. The van der Waals surface area contributed by atoms with Crippen LogP contribution in [0.4, 0.5) is 28.7 Å². The quantitative estimate of drug-likeness (QED) is 0.246. The molecule has 0 atom stereocenters. The van der Waals surface area contributed by atoms with E-state index in [1.165, 1.54) is 5.56 Å². The largest absolute Gasteiger partial charge is 0.340 e. The predicted octanol–water partition coefficient (Wildman–Crippen LogP) is 5.94. The minimum absolute atomic E-state index is 0.138. The Kier molecular flexibility index (Phi) is 8.07. The van der Waals surface area contributed by atoms with Gasteiger partial charge in [0, 0.05) is 23.1 Å². The number of amides is 1. The summed E-state index contributed by atoms with van der Waals surface area (Å²) in [6.45, 7) is 7.17. The van der Waals surface area contributed by atoms with Gasteiger partial charge in [0.05, 0.1) is 16.6 Å². The summed E-state index contributed by atoms with van der Waals surface area (Å²) in [7, 11) is -3.34. The van der Waals surface area contributed by atoms with Crippen LogP contribution in [0.15, 0.2) is 83.8 Å². The molecule has 1 aromatic heterocycles. The highest BCUT2D eigenvalue weighted by Gasteiger charge is 2.19. The van der Waals surface area contributed by atoms with Gasteiger partial charge < -0.3 is 16.0 Å². The zero-order valence-electron chi connectivity index (χ0n) is 21.8. The van der Waals surface area contributed by atoms with Gasteiger partial charge in [-0.05, 0) is 81.8 Å². The number of hydrogen-bond donors (Lipinski definition) is 3. The maximum atomic E-state index is 12.5. The number of anilines is 5. The first-order valence-electron chi connectivity index (χ1n) is 12.3. The molecule has 9 heteroatoms. The van der Waals surface area contributed by atoms with Crippen molar-refractivity contribution < 1.29 is 13.2 Å². The number of benzene rings is 3. The third-order valence-corrected chi connectivity index (χ3v) is 8.01. The Hall–Kier alpha value is -4.24. The number of sulfone groups is 1. The maximum Gasteiger partial charge on any atom is 0.228 e. The lowest BCUT2D eigenvalue weighted by Gasteiger charge is -2.11. The van der Waals surface area contributed by atoms with E-state index in [2.05, 4.69) is 25.9 Å². The van der Waals surface area contributed by atoms with Crippen molar-refractivity contribution in [1.82, 2.24) is 9.97 Å². The van der Waals surface area contributed by atoms with Crippen LogP contribution in [0.5, 0.6) is 0 Å². The molecule has 0 saturated heterocycles. The van der Waals surface area contributed by atoms with Crippen molar-refractivity contribution in [2.24, 2.45) is 0 Å². The third-order valence-electron chi connectivity index (χ3n) is 5.84.